The van der Waals surface area contributed by atoms with Gasteiger partial charge in [0.15, 0.2) is 0 Å². The van der Waals surface area contributed by atoms with Crippen molar-refractivity contribution in [2.24, 2.45) is 0 Å². The van der Waals surface area contributed by atoms with Crippen molar-refractivity contribution in [1.29, 1.82) is 0 Å². The summed E-state index contributed by atoms with van der Waals surface area (Å²) >= 11 is 0. The maximum absolute atomic E-state index is 4.77. The van der Waals surface area contributed by atoms with E-state index in [1.165, 1.54) is 56.2 Å². The molecule has 0 aliphatic heterocycles. The van der Waals surface area contributed by atoms with E-state index in [-0.39, 0.29) is 0 Å². The zero-order valence-electron chi connectivity index (χ0n) is 12.3. The molecular formula is C17H26N2. The molecule has 1 atom stereocenters. The molecule has 0 spiro atoms. The Balaban J connectivity index is 2.03. The molecule has 2 nitrogen and oxygen atoms in total. The van der Waals surface area contributed by atoms with Crippen molar-refractivity contribution in [3.63, 3.8) is 0 Å². The highest BCUT2D eigenvalue weighted by molar-refractivity contribution is 5.46. The molecule has 0 radical (unpaired) electrons. The smallest absolute Gasteiger partial charge is 0.0646 e. The third kappa shape index (κ3) is 3.82. The van der Waals surface area contributed by atoms with Crippen molar-refractivity contribution in [3.05, 3.63) is 36.2 Å². The molecular weight excluding hydrogens is 232 g/mol. The zero-order valence-corrected chi connectivity index (χ0v) is 12.3. The average Bonchev–Trinajstić information content (AvgIpc) is 2.89. The predicted octanol–water partition coefficient (Wildman–Crippen LogP) is 5.19. The first-order valence-corrected chi connectivity index (χ1v) is 7.79. The first-order valence-electron chi connectivity index (χ1n) is 7.79. The van der Waals surface area contributed by atoms with Crippen LogP contribution in [0.15, 0.2) is 30.5 Å². The molecule has 0 aliphatic carbocycles. The summed E-state index contributed by atoms with van der Waals surface area (Å²) in [4.78, 5) is 0. The standard InChI is InChI=1S/C17H26N2/c1-3-5-6-7-10-15(9-4-2)17-13-12-16-11-8-14-19(16)18-17/h8,11-15H,3-7,9-10H2,1-2H3. The van der Waals surface area contributed by atoms with Gasteiger partial charge in [-0.15, -0.1) is 0 Å². The lowest BCUT2D eigenvalue weighted by Crippen LogP contribution is -2.04. The fraction of sp³-hybridized carbons (Fsp3) is 0.588. The van der Waals surface area contributed by atoms with Crippen LogP contribution in [0.5, 0.6) is 0 Å². The van der Waals surface area contributed by atoms with Crippen LogP contribution in [0.4, 0.5) is 0 Å². The summed E-state index contributed by atoms with van der Waals surface area (Å²) in [5, 5.41) is 4.77. The number of aromatic nitrogens is 2. The monoisotopic (exact) mass is 258 g/mol. The van der Waals surface area contributed by atoms with Gasteiger partial charge in [0.2, 0.25) is 0 Å². The van der Waals surface area contributed by atoms with Gasteiger partial charge in [0.1, 0.15) is 0 Å². The minimum Gasteiger partial charge on any atom is -0.241 e. The van der Waals surface area contributed by atoms with Gasteiger partial charge in [-0.1, -0.05) is 46.0 Å². The van der Waals surface area contributed by atoms with E-state index in [2.05, 4.69) is 38.1 Å². The lowest BCUT2D eigenvalue weighted by molar-refractivity contribution is 0.506. The molecule has 0 aliphatic rings. The van der Waals surface area contributed by atoms with Gasteiger partial charge in [-0.25, -0.2) is 4.52 Å². The van der Waals surface area contributed by atoms with E-state index >= 15 is 0 Å². The Kier molecular flexibility index (Phi) is 5.44. The summed E-state index contributed by atoms with van der Waals surface area (Å²) in [6.07, 6.45) is 11.2. The van der Waals surface area contributed by atoms with Crippen LogP contribution in [0.25, 0.3) is 5.52 Å². The molecule has 0 aromatic carbocycles. The Bertz CT molecular complexity index is 487. The van der Waals surface area contributed by atoms with Gasteiger partial charge in [0, 0.05) is 12.1 Å². The van der Waals surface area contributed by atoms with E-state index in [4.69, 9.17) is 5.10 Å². The van der Waals surface area contributed by atoms with Gasteiger partial charge < -0.3 is 0 Å². The van der Waals surface area contributed by atoms with Crippen LogP contribution in [-0.4, -0.2) is 9.61 Å². The highest BCUT2D eigenvalue weighted by atomic mass is 15.2. The van der Waals surface area contributed by atoms with Crippen molar-refractivity contribution in [2.45, 2.75) is 64.7 Å². The minimum atomic E-state index is 0.633. The molecule has 2 heteroatoms. The second-order valence-corrected chi connectivity index (χ2v) is 5.47. The van der Waals surface area contributed by atoms with Crippen molar-refractivity contribution >= 4 is 5.52 Å². The largest absolute Gasteiger partial charge is 0.241 e. The summed E-state index contributed by atoms with van der Waals surface area (Å²) < 4.78 is 2.00. The molecule has 0 bridgehead atoms. The molecule has 2 aromatic heterocycles. The minimum absolute atomic E-state index is 0.633. The third-order valence-corrected chi connectivity index (χ3v) is 3.87. The summed E-state index contributed by atoms with van der Waals surface area (Å²) in [7, 11) is 0. The van der Waals surface area contributed by atoms with Crippen LogP contribution in [0, 0.1) is 0 Å². The van der Waals surface area contributed by atoms with Gasteiger partial charge >= 0.3 is 0 Å². The molecule has 0 saturated carbocycles. The van der Waals surface area contributed by atoms with Crippen LogP contribution < -0.4 is 0 Å². The maximum atomic E-state index is 4.77. The summed E-state index contributed by atoms with van der Waals surface area (Å²) in [6.45, 7) is 4.54. The zero-order chi connectivity index (χ0) is 13.5. The average molecular weight is 258 g/mol. The SMILES string of the molecule is CCCCCCC(CCC)c1ccc2cccn2n1. The molecule has 0 N–H and O–H groups in total. The summed E-state index contributed by atoms with van der Waals surface area (Å²) in [5.74, 6) is 0.633. The molecule has 0 fully saturated rings. The third-order valence-electron chi connectivity index (χ3n) is 3.87. The van der Waals surface area contributed by atoms with Crippen molar-refractivity contribution < 1.29 is 0 Å². The van der Waals surface area contributed by atoms with Gasteiger partial charge in [0.25, 0.3) is 0 Å². The van der Waals surface area contributed by atoms with Crippen molar-refractivity contribution in [1.82, 2.24) is 9.61 Å². The first kappa shape index (κ1) is 14.1. The second kappa shape index (κ2) is 7.32. The van der Waals surface area contributed by atoms with Crippen molar-refractivity contribution in [3.8, 4) is 0 Å². The number of hydrogen-bond acceptors (Lipinski definition) is 1. The van der Waals surface area contributed by atoms with Crippen LogP contribution in [0.2, 0.25) is 0 Å². The molecule has 1 unspecified atom stereocenters. The quantitative estimate of drug-likeness (QED) is 0.596. The summed E-state index contributed by atoms with van der Waals surface area (Å²) in [5.41, 5.74) is 2.45. The Morgan fingerprint density at radius 1 is 1.00 bits per heavy atom. The van der Waals surface area contributed by atoms with E-state index < -0.39 is 0 Å². The molecule has 104 valence electrons. The molecule has 0 amide bonds. The fourth-order valence-corrected chi connectivity index (χ4v) is 2.76. The number of rotatable bonds is 8. The molecule has 2 heterocycles. The Morgan fingerprint density at radius 2 is 1.89 bits per heavy atom. The Morgan fingerprint density at radius 3 is 2.68 bits per heavy atom. The van der Waals surface area contributed by atoms with Gasteiger partial charge in [-0.2, -0.15) is 5.10 Å². The molecule has 0 saturated heterocycles. The highest BCUT2D eigenvalue weighted by Gasteiger charge is 2.12. The maximum Gasteiger partial charge on any atom is 0.0646 e. The number of hydrogen-bond donors (Lipinski definition) is 0. The lowest BCUT2D eigenvalue weighted by atomic mass is 9.93. The number of fused-ring (bicyclic) bond motifs is 1. The van der Waals surface area contributed by atoms with E-state index in [1.807, 2.05) is 10.7 Å². The predicted molar refractivity (Wildman–Crippen MR) is 81.6 cm³/mol. The second-order valence-electron chi connectivity index (χ2n) is 5.47. The normalized spacial score (nSPS) is 12.9. The fourth-order valence-electron chi connectivity index (χ4n) is 2.76. The van der Waals surface area contributed by atoms with Gasteiger partial charge in [0.05, 0.1) is 11.2 Å². The Hall–Kier alpha value is -1.31. The number of unbranched alkanes of at least 4 members (excludes halogenated alkanes) is 3. The molecule has 2 aromatic rings. The first-order chi connectivity index (χ1) is 9.35. The van der Waals surface area contributed by atoms with Gasteiger partial charge in [-0.3, -0.25) is 0 Å². The molecule has 2 rings (SSSR count). The van der Waals surface area contributed by atoms with Crippen molar-refractivity contribution in [2.75, 3.05) is 0 Å². The Labute approximate surface area is 116 Å². The summed E-state index contributed by atoms with van der Waals surface area (Å²) in [6, 6.07) is 8.57. The number of nitrogens with zero attached hydrogens (tertiary/aromatic N) is 2. The van der Waals surface area contributed by atoms with Gasteiger partial charge in [-0.05, 0) is 37.1 Å². The van der Waals surface area contributed by atoms with Crippen LogP contribution in [0.3, 0.4) is 0 Å². The van der Waals surface area contributed by atoms with Crippen LogP contribution in [0.1, 0.15) is 70.4 Å². The van der Waals surface area contributed by atoms with Crippen LogP contribution >= 0.6 is 0 Å². The molecule has 19 heavy (non-hydrogen) atoms. The van der Waals surface area contributed by atoms with E-state index in [0.29, 0.717) is 5.92 Å². The van der Waals surface area contributed by atoms with Crippen LogP contribution in [-0.2, 0) is 0 Å². The lowest BCUT2D eigenvalue weighted by Gasteiger charge is -2.15. The van der Waals surface area contributed by atoms with E-state index in [1.54, 1.807) is 0 Å². The van der Waals surface area contributed by atoms with E-state index in [9.17, 15) is 0 Å². The van der Waals surface area contributed by atoms with E-state index in [0.717, 1.165) is 0 Å². The topological polar surface area (TPSA) is 17.3 Å². The highest BCUT2D eigenvalue weighted by Crippen LogP contribution is 2.26.